The van der Waals surface area contributed by atoms with Crippen LogP contribution in [0.5, 0.6) is 0 Å². The number of carbonyl (C=O) groups excluding carboxylic acids is 1. The van der Waals surface area contributed by atoms with Gasteiger partial charge < -0.3 is 14.4 Å². The number of carbonyl (C=O) groups is 2. The average Bonchev–Trinajstić information content (AvgIpc) is 3.09. The summed E-state index contributed by atoms with van der Waals surface area (Å²) < 4.78 is 5.83. The van der Waals surface area contributed by atoms with Gasteiger partial charge in [-0.15, -0.1) is 0 Å². The molecule has 1 atom stereocenters. The van der Waals surface area contributed by atoms with Crippen molar-refractivity contribution in [3.63, 3.8) is 0 Å². The van der Waals surface area contributed by atoms with Gasteiger partial charge >= 0.3 is 5.97 Å². The van der Waals surface area contributed by atoms with Gasteiger partial charge in [0, 0.05) is 37.9 Å². The molecule has 2 aromatic rings. The van der Waals surface area contributed by atoms with E-state index in [-0.39, 0.29) is 18.2 Å². The number of likely N-dealkylation sites (tertiary alicyclic amines) is 1. The summed E-state index contributed by atoms with van der Waals surface area (Å²) in [5.74, 6) is 0.966. The summed E-state index contributed by atoms with van der Waals surface area (Å²) in [5, 5.41) is 8.92. The number of benzene rings is 1. The molecule has 0 bridgehead atoms. The lowest BCUT2D eigenvalue weighted by Gasteiger charge is -2.32. The Hall–Kier alpha value is -2.56. The van der Waals surface area contributed by atoms with Crippen LogP contribution in [0.1, 0.15) is 31.4 Å². The van der Waals surface area contributed by atoms with Gasteiger partial charge in [0.05, 0.1) is 0 Å². The Morgan fingerprint density at radius 2 is 1.96 bits per heavy atom. The van der Waals surface area contributed by atoms with Crippen LogP contribution in [0, 0.1) is 5.92 Å². The number of rotatable bonds is 6. The highest BCUT2D eigenvalue weighted by Crippen LogP contribution is 2.23. The molecular formula is C20H23NO4. The number of nitrogens with zero attached hydrogens (tertiary/aromatic N) is 1. The van der Waals surface area contributed by atoms with Gasteiger partial charge in [0.2, 0.25) is 5.91 Å². The normalized spacial score (nSPS) is 17.4. The number of piperidine rings is 1. The standard InChI is InChI=1S/C20H23NO4/c22-19(21-12-4-5-15(14-21)13-20(23)24)11-9-17-8-10-18(25-17)16-6-2-1-3-7-16/h1-3,6-8,10,15H,4-5,9,11-14H2,(H,23,24). The van der Waals surface area contributed by atoms with Crippen LogP contribution in [0.2, 0.25) is 0 Å². The molecule has 1 aromatic heterocycles. The van der Waals surface area contributed by atoms with Crippen molar-refractivity contribution < 1.29 is 19.1 Å². The Bertz CT molecular complexity index is 722. The zero-order valence-electron chi connectivity index (χ0n) is 14.2. The van der Waals surface area contributed by atoms with Crippen LogP contribution in [0.3, 0.4) is 0 Å². The third-order valence-corrected chi connectivity index (χ3v) is 4.64. The van der Waals surface area contributed by atoms with Crippen LogP contribution < -0.4 is 0 Å². The van der Waals surface area contributed by atoms with Crippen molar-refractivity contribution in [2.75, 3.05) is 13.1 Å². The van der Waals surface area contributed by atoms with Crippen LogP contribution in [0.25, 0.3) is 11.3 Å². The van der Waals surface area contributed by atoms with E-state index in [0.29, 0.717) is 19.4 Å². The Morgan fingerprint density at radius 1 is 1.16 bits per heavy atom. The van der Waals surface area contributed by atoms with Crippen molar-refractivity contribution in [3.05, 3.63) is 48.2 Å². The highest BCUT2D eigenvalue weighted by Gasteiger charge is 2.25. The molecule has 1 aliphatic heterocycles. The maximum Gasteiger partial charge on any atom is 0.303 e. The number of hydrogen-bond acceptors (Lipinski definition) is 3. The molecule has 1 N–H and O–H groups in total. The quantitative estimate of drug-likeness (QED) is 0.871. The summed E-state index contributed by atoms with van der Waals surface area (Å²) in [5.41, 5.74) is 1.02. The molecule has 1 fully saturated rings. The first-order valence-corrected chi connectivity index (χ1v) is 8.75. The van der Waals surface area contributed by atoms with Crippen LogP contribution >= 0.6 is 0 Å². The summed E-state index contributed by atoms with van der Waals surface area (Å²) in [6.07, 6.45) is 2.85. The number of aliphatic carboxylic acids is 1. The molecule has 132 valence electrons. The maximum atomic E-state index is 12.4. The Kier molecular flexibility index (Phi) is 5.53. The third-order valence-electron chi connectivity index (χ3n) is 4.64. The van der Waals surface area contributed by atoms with Crippen molar-refractivity contribution in [3.8, 4) is 11.3 Å². The van der Waals surface area contributed by atoms with Crippen molar-refractivity contribution in [1.29, 1.82) is 0 Å². The topological polar surface area (TPSA) is 70.8 Å². The number of amides is 1. The molecule has 3 rings (SSSR count). The van der Waals surface area contributed by atoms with E-state index >= 15 is 0 Å². The predicted molar refractivity (Wildman–Crippen MR) is 94.0 cm³/mol. The minimum Gasteiger partial charge on any atom is -0.481 e. The number of carboxylic acids is 1. The molecule has 1 aromatic carbocycles. The van der Waals surface area contributed by atoms with Crippen molar-refractivity contribution in [1.82, 2.24) is 4.90 Å². The molecule has 0 saturated carbocycles. The summed E-state index contributed by atoms with van der Waals surface area (Å²) in [6.45, 7) is 1.28. The third kappa shape index (κ3) is 4.72. The number of hydrogen-bond donors (Lipinski definition) is 1. The fraction of sp³-hybridized carbons (Fsp3) is 0.400. The van der Waals surface area contributed by atoms with E-state index in [9.17, 15) is 9.59 Å². The molecule has 1 amide bonds. The molecule has 0 spiro atoms. The lowest BCUT2D eigenvalue weighted by molar-refractivity contribution is -0.140. The smallest absolute Gasteiger partial charge is 0.303 e. The summed E-state index contributed by atoms with van der Waals surface area (Å²) in [6, 6.07) is 13.7. The van der Waals surface area contributed by atoms with E-state index in [1.54, 1.807) is 4.90 Å². The predicted octanol–water partition coefficient (Wildman–Crippen LogP) is 3.59. The van der Waals surface area contributed by atoms with Gasteiger partial charge in [-0.05, 0) is 30.9 Å². The van der Waals surface area contributed by atoms with Crippen LogP contribution in [-0.4, -0.2) is 35.0 Å². The summed E-state index contributed by atoms with van der Waals surface area (Å²) in [7, 11) is 0. The van der Waals surface area contributed by atoms with E-state index in [2.05, 4.69) is 0 Å². The minimum atomic E-state index is -0.789. The molecule has 1 unspecified atom stereocenters. The van der Waals surface area contributed by atoms with Gasteiger partial charge in [-0.3, -0.25) is 9.59 Å². The second-order valence-electron chi connectivity index (χ2n) is 6.58. The van der Waals surface area contributed by atoms with Crippen molar-refractivity contribution in [2.45, 2.75) is 32.1 Å². The zero-order valence-corrected chi connectivity index (χ0v) is 14.2. The second-order valence-corrected chi connectivity index (χ2v) is 6.58. The number of carboxylic acid groups (broad SMARTS) is 1. The summed E-state index contributed by atoms with van der Waals surface area (Å²) >= 11 is 0. The van der Waals surface area contributed by atoms with Gasteiger partial charge in [-0.1, -0.05) is 30.3 Å². The Balaban J connectivity index is 1.52. The molecule has 5 nitrogen and oxygen atoms in total. The molecule has 0 aliphatic carbocycles. The molecule has 0 radical (unpaired) electrons. The second kappa shape index (κ2) is 8.01. The van der Waals surface area contributed by atoms with Crippen molar-refractivity contribution in [2.24, 2.45) is 5.92 Å². The molecule has 1 aliphatic rings. The van der Waals surface area contributed by atoms with Gasteiger partial charge in [0.25, 0.3) is 0 Å². The van der Waals surface area contributed by atoms with Gasteiger partial charge in [0.1, 0.15) is 11.5 Å². The average molecular weight is 341 g/mol. The summed E-state index contributed by atoms with van der Waals surface area (Å²) in [4.78, 5) is 25.1. The van der Waals surface area contributed by atoms with E-state index in [1.807, 2.05) is 42.5 Å². The SMILES string of the molecule is O=C(O)CC1CCCN(C(=O)CCc2ccc(-c3ccccc3)o2)C1. The van der Waals surface area contributed by atoms with Gasteiger partial charge in [-0.25, -0.2) is 0 Å². The van der Waals surface area contributed by atoms with Crippen molar-refractivity contribution >= 4 is 11.9 Å². The number of aryl methyl sites for hydroxylation is 1. The first-order chi connectivity index (χ1) is 12.1. The molecule has 2 heterocycles. The van der Waals surface area contributed by atoms with Crippen LogP contribution in [-0.2, 0) is 16.0 Å². The van der Waals surface area contributed by atoms with Crippen LogP contribution in [0.4, 0.5) is 0 Å². The lowest BCUT2D eigenvalue weighted by atomic mass is 9.94. The van der Waals surface area contributed by atoms with E-state index in [0.717, 1.165) is 36.5 Å². The first kappa shape index (κ1) is 17.3. The Labute approximate surface area is 147 Å². The minimum absolute atomic E-state index is 0.0727. The molecule has 1 saturated heterocycles. The van der Waals surface area contributed by atoms with E-state index in [1.165, 1.54) is 0 Å². The molecule has 25 heavy (non-hydrogen) atoms. The fourth-order valence-corrected chi connectivity index (χ4v) is 3.36. The fourth-order valence-electron chi connectivity index (χ4n) is 3.36. The largest absolute Gasteiger partial charge is 0.481 e. The maximum absolute atomic E-state index is 12.4. The van der Waals surface area contributed by atoms with Gasteiger partial charge in [0.15, 0.2) is 0 Å². The van der Waals surface area contributed by atoms with Gasteiger partial charge in [-0.2, -0.15) is 0 Å². The zero-order chi connectivity index (χ0) is 17.6. The van der Waals surface area contributed by atoms with Crippen LogP contribution in [0.15, 0.2) is 46.9 Å². The van der Waals surface area contributed by atoms with E-state index < -0.39 is 5.97 Å². The van der Waals surface area contributed by atoms with E-state index in [4.69, 9.17) is 9.52 Å². The lowest BCUT2D eigenvalue weighted by Crippen LogP contribution is -2.40. The highest BCUT2D eigenvalue weighted by atomic mass is 16.4. The highest BCUT2D eigenvalue weighted by molar-refractivity contribution is 5.76. The molecule has 5 heteroatoms. The number of furan rings is 1. The monoisotopic (exact) mass is 341 g/mol. The molecular weight excluding hydrogens is 318 g/mol. The Morgan fingerprint density at radius 3 is 2.72 bits per heavy atom. The first-order valence-electron chi connectivity index (χ1n) is 8.75.